The van der Waals surface area contributed by atoms with E-state index in [1.807, 2.05) is 25.2 Å². The summed E-state index contributed by atoms with van der Waals surface area (Å²) in [6.07, 6.45) is 6.47. The number of carbonyl (C=O) groups excluding carboxylic acids is 1. The summed E-state index contributed by atoms with van der Waals surface area (Å²) in [6, 6.07) is 6.12. The highest BCUT2D eigenvalue weighted by Crippen LogP contribution is 2.34. The number of aromatic nitrogens is 1. The monoisotopic (exact) mass is 473 g/mol. The normalized spacial score (nSPS) is 24.1. The molecule has 2 aliphatic heterocycles. The van der Waals surface area contributed by atoms with Gasteiger partial charge in [0, 0.05) is 39.0 Å². The predicted octanol–water partition coefficient (Wildman–Crippen LogP) is 1.19. The number of halogens is 1. The number of fused-ring (bicyclic) bond motifs is 2. The van der Waals surface area contributed by atoms with Crippen molar-refractivity contribution in [2.75, 3.05) is 27.2 Å². The van der Waals surface area contributed by atoms with Crippen LogP contribution in [0.5, 0.6) is 0 Å². The largest absolute Gasteiger partial charge is 0.373 e. The van der Waals surface area contributed by atoms with Crippen molar-refractivity contribution in [3.63, 3.8) is 0 Å². The zero-order valence-electron chi connectivity index (χ0n) is 15.4. The maximum atomic E-state index is 12.3. The topological polar surface area (TPSA) is 78.9 Å². The molecule has 144 valence electrons. The van der Waals surface area contributed by atoms with Crippen LogP contribution < -0.4 is 10.6 Å². The van der Waals surface area contributed by atoms with Gasteiger partial charge in [0.1, 0.15) is 0 Å². The second kappa shape index (κ2) is 10.1. The minimum atomic E-state index is 0. The SMILES string of the molecule is CN=C(NCC(=O)N(C)CCc1ccccn1)NC1CC2CCC1O2.I. The lowest BCUT2D eigenvalue weighted by Crippen LogP contribution is -2.49. The Labute approximate surface area is 172 Å². The molecule has 3 atom stereocenters. The lowest BCUT2D eigenvalue weighted by Gasteiger charge is -2.23. The van der Waals surface area contributed by atoms with Gasteiger partial charge >= 0.3 is 0 Å². The van der Waals surface area contributed by atoms with Crippen LogP contribution in [0.2, 0.25) is 0 Å². The van der Waals surface area contributed by atoms with Crippen molar-refractivity contribution >= 4 is 35.8 Å². The Morgan fingerprint density at radius 1 is 1.42 bits per heavy atom. The zero-order chi connectivity index (χ0) is 17.6. The number of aliphatic imine (C=N–C) groups is 1. The zero-order valence-corrected chi connectivity index (χ0v) is 17.7. The van der Waals surface area contributed by atoms with E-state index >= 15 is 0 Å². The fourth-order valence-corrected chi connectivity index (χ4v) is 3.41. The first kappa shape index (κ1) is 20.9. The summed E-state index contributed by atoms with van der Waals surface area (Å²) in [5, 5.41) is 6.49. The lowest BCUT2D eigenvalue weighted by molar-refractivity contribution is -0.128. The van der Waals surface area contributed by atoms with Crippen LogP contribution in [0.1, 0.15) is 25.0 Å². The molecule has 0 radical (unpaired) electrons. The number of ether oxygens (including phenoxy) is 1. The first-order chi connectivity index (χ1) is 12.2. The van der Waals surface area contributed by atoms with E-state index in [0.29, 0.717) is 24.7 Å². The van der Waals surface area contributed by atoms with Gasteiger partial charge in [0.2, 0.25) is 5.91 Å². The number of amides is 1. The van der Waals surface area contributed by atoms with Gasteiger partial charge in [-0.1, -0.05) is 6.07 Å². The Kier molecular flexibility index (Phi) is 8.08. The Morgan fingerprint density at radius 3 is 2.88 bits per heavy atom. The Hall–Kier alpha value is -1.42. The standard InChI is InChI=1S/C18H27N5O2.HI/c1-19-18(22-15-11-14-6-7-16(15)25-14)21-12-17(24)23(2)10-8-13-5-3-4-9-20-13;/h3-5,9,14-16H,6-8,10-12H2,1-2H3,(H2,19,21,22);1H. The number of guanidine groups is 1. The van der Waals surface area contributed by atoms with Crippen LogP contribution in [0, 0.1) is 0 Å². The first-order valence-corrected chi connectivity index (χ1v) is 8.92. The third-order valence-corrected chi connectivity index (χ3v) is 4.91. The predicted molar refractivity (Wildman–Crippen MR) is 112 cm³/mol. The van der Waals surface area contributed by atoms with Gasteiger partial charge in [0.05, 0.1) is 24.8 Å². The second-order valence-electron chi connectivity index (χ2n) is 6.67. The molecule has 2 fully saturated rings. The molecule has 0 aromatic carbocycles. The fraction of sp³-hybridized carbons (Fsp3) is 0.611. The van der Waals surface area contributed by atoms with Crippen molar-refractivity contribution in [2.24, 2.45) is 4.99 Å². The van der Waals surface area contributed by atoms with Gasteiger partial charge < -0.3 is 20.3 Å². The summed E-state index contributed by atoms with van der Waals surface area (Å²) < 4.78 is 5.84. The molecular formula is C18H28IN5O2. The summed E-state index contributed by atoms with van der Waals surface area (Å²) in [6.45, 7) is 0.865. The molecule has 2 N–H and O–H groups in total. The molecule has 3 unspecified atom stereocenters. The molecule has 2 aliphatic rings. The Balaban J connectivity index is 0.00000243. The lowest BCUT2D eigenvalue weighted by atomic mass is 9.96. The summed E-state index contributed by atoms with van der Waals surface area (Å²) in [7, 11) is 3.53. The van der Waals surface area contributed by atoms with E-state index in [1.165, 1.54) is 0 Å². The molecule has 2 bridgehead atoms. The van der Waals surface area contributed by atoms with Crippen LogP contribution in [-0.2, 0) is 16.0 Å². The van der Waals surface area contributed by atoms with E-state index in [-0.39, 0.29) is 42.5 Å². The van der Waals surface area contributed by atoms with Gasteiger partial charge in [0.15, 0.2) is 5.96 Å². The number of nitrogens with one attached hydrogen (secondary N) is 2. The third kappa shape index (κ3) is 5.54. The molecule has 2 saturated heterocycles. The molecule has 1 amide bonds. The molecule has 1 aromatic rings. The molecule has 8 heteroatoms. The van der Waals surface area contributed by atoms with E-state index in [1.54, 1.807) is 18.1 Å². The highest BCUT2D eigenvalue weighted by Gasteiger charge is 2.41. The van der Waals surface area contributed by atoms with Gasteiger partial charge in [-0.2, -0.15) is 0 Å². The van der Waals surface area contributed by atoms with E-state index in [9.17, 15) is 4.79 Å². The average molecular weight is 473 g/mol. The Bertz CT molecular complexity index is 613. The number of pyridine rings is 1. The van der Waals surface area contributed by atoms with E-state index < -0.39 is 0 Å². The van der Waals surface area contributed by atoms with Crippen LogP contribution >= 0.6 is 24.0 Å². The summed E-state index contributed by atoms with van der Waals surface area (Å²) in [4.78, 5) is 22.5. The maximum absolute atomic E-state index is 12.3. The van der Waals surface area contributed by atoms with Gasteiger partial charge in [0.25, 0.3) is 0 Å². The van der Waals surface area contributed by atoms with Crippen LogP contribution in [0.15, 0.2) is 29.4 Å². The molecule has 3 rings (SSSR count). The van der Waals surface area contributed by atoms with Crippen LogP contribution in [0.25, 0.3) is 0 Å². The van der Waals surface area contributed by atoms with E-state index in [2.05, 4.69) is 20.6 Å². The minimum Gasteiger partial charge on any atom is -0.373 e. The highest BCUT2D eigenvalue weighted by atomic mass is 127. The van der Waals surface area contributed by atoms with E-state index in [4.69, 9.17) is 4.74 Å². The molecule has 7 nitrogen and oxygen atoms in total. The minimum absolute atomic E-state index is 0. The second-order valence-corrected chi connectivity index (χ2v) is 6.67. The molecule has 26 heavy (non-hydrogen) atoms. The summed E-state index contributed by atoms with van der Waals surface area (Å²) >= 11 is 0. The van der Waals surface area contributed by atoms with E-state index in [0.717, 1.165) is 31.4 Å². The highest BCUT2D eigenvalue weighted by molar-refractivity contribution is 14.0. The molecule has 1 aromatic heterocycles. The van der Waals surface area contributed by atoms with Crippen LogP contribution in [0.4, 0.5) is 0 Å². The average Bonchev–Trinajstić information content (AvgIpc) is 3.26. The molecule has 0 spiro atoms. The van der Waals surface area contributed by atoms with Crippen molar-refractivity contribution in [1.29, 1.82) is 0 Å². The van der Waals surface area contributed by atoms with Crippen molar-refractivity contribution in [3.05, 3.63) is 30.1 Å². The van der Waals surface area contributed by atoms with Crippen LogP contribution in [0.3, 0.4) is 0 Å². The smallest absolute Gasteiger partial charge is 0.241 e. The Morgan fingerprint density at radius 2 is 2.27 bits per heavy atom. The van der Waals surface area contributed by atoms with Gasteiger partial charge in [-0.25, -0.2) is 0 Å². The molecule has 0 aliphatic carbocycles. The van der Waals surface area contributed by atoms with Crippen molar-refractivity contribution in [3.8, 4) is 0 Å². The van der Waals surface area contributed by atoms with Gasteiger partial charge in [-0.15, -0.1) is 24.0 Å². The number of rotatable bonds is 6. The first-order valence-electron chi connectivity index (χ1n) is 8.92. The van der Waals surface area contributed by atoms with Crippen LogP contribution in [-0.4, -0.2) is 67.2 Å². The van der Waals surface area contributed by atoms with Crippen molar-refractivity contribution in [2.45, 2.75) is 43.9 Å². The maximum Gasteiger partial charge on any atom is 0.241 e. The number of hydrogen-bond acceptors (Lipinski definition) is 4. The van der Waals surface area contributed by atoms with Crippen molar-refractivity contribution in [1.82, 2.24) is 20.5 Å². The number of carbonyl (C=O) groups is 1. The van der Waals surface area contributed by atoms with Gasteiger partial charge in [-0.05, 0) is 31.4 Å². The summed E-state index contributed by atoms with van der Waals surface area (Å²) in [5.41, 5.74) is 0.990. The molecular weight excluding hydrogens is 445 g/mol. The van der Waals surface area contributed by atoms with Gasteiger partial charge in [-0.3, -0.25) is 14.8 Å². The van der Waals surface area contributed by atoms with Crippen molar-refractivity contribution < 1.29 is 9.53 Å². The number of nitrogens with zero attached hydrogens (tertiary/aromatic N) is 3. The summed E-state index contributed by atoms with van der Waals surface area (Å²) in [5.74, 6) is 0.690. The quantitative estimate of drug-likeness (QED) is 0.369. The number of likely N-dealkylation sites (N-methyl/N-ethyl adjacent to an activating group) is 1. The third-order valence-electron chi connectivity index (χ3n) is 4.91. The molecule has 0 saturated carbocycles. The molecule has 3 heterocycles. The fourth-order valence-electron chi connectivity index (χ4n) is 3.41. The number of hydrogen-bond donors (Lipinski definition) is 2.